The molecule has 12 rings (SSSR count). The number of allylic oxidation sites excluding steroid dienone is 2. The van der Waals surface area contributed by atoms with Crippen molar-refractivity contribution in [2.75, 3.05) is 39.8 Å². The molecule has 0 radical (unpaired) electrons. The molecule has 65 heavy (non-hydrogen) atoms. The van der Waals surface area contributed by atoms with Gasteiger partial charge in [-0.1, -0.05) is 32.9 Å². The molecule has 12 saturated heterocycles. The Morgan fingerprint density at radius 1 is 0.538 bits per heavy atom. The van der Waals surface area contributed by atoms with Crippen LogP contribution in [0.4, 0.5) is 0 Å². The monoisotopic (exact) mass is 935 g/mol. The van der Waals surface area contributed by atoms with Crippen LogP contribution < -0.4 is 10.6 Å². The van der Waals surface area contributed by atoms with E-state index in [-0.39, 0.29) is 38.9 Å². The minimum absolute atomic E-state index is 0.0842. The summed E-state index contributed by atoms with van der Waals surface area (Å²) in [6.07, 6.45) is -18.2. The van der Waals surface area contributed by atoms with Crippen molar-refractivity contribution in [1.82, 2.24) is 15.5 Å². The van der Waals surface area contributed by atoms with E-state index < -0.39 is 136 Å². The first-order valence-corrected chi connectivity index (χ1v) is 23.1. The van der Waals surface area contributed by atoms with Gasteiger partial charge in [-0.3, -0.25) is 4.79 Å². The molecule has 8 bridgehead atoms. The van der Waals surface area contributed by atoms with Gasteiger partial charge in [-0.05, 0) is 51.4 Å². The van der Waals surface area contributed by atoms with E-state index >= 15 is 0 Å². The summed E-state index contributed by atoms with van der Waals surface area (Å²) in [6.45, 7) is 9.39. The minimum atomic E-state index is -1.55. The fourth-order valence-corrected chi connectivity index (χ4v) is 9.55. The fraction of sp³-hybridized carbons (Fsp3) is 0.884. The zero-order valence-electron chi connectivity index (χ0n) is 37.1. The van der Waals surface area contributed by atoms with Gasteiger partial charge in [-0.15, -0.1) is 0 Å². The first kappa shape index (κ1) is 52.2. The largest absolute Gasteiger partial charge is 0.394 e. The average molecular weight is 936 g/mol. The van der Waals surface area contributed by atoms with E-state index in [9.17, 15) is 55.9 Å². The Kier molecular flexibility index (Phi) is 19.6. The van der Waals surface area contributed by atoms with Crippen LogP contribution in [0.1, 0.15) is 77.6 Å². The normalized spacial score (nSPS) is 42.8. The Morgan fingerprint density at radius 3 is 1.31 bits per heavy atom. The van der Waals surface area contributed by atoms with Gasteiger partial charge in [0.25, 0.3) is 0 Å². The number of carbonyl (C=O) groups is 1. The summed E-state index contributed by atoms with van der Waals surface area (Å²) in [4.78, 5) is 14.6. The van der Waals surface area contributed by atoms with Crippen molar-refractivity contribution in [3.8, 4) is 0 Å². The molecule has 22 heteroatoms. The molecule has 0 saturated carbocycles. The summed E-state index contributed by atoms with van der Waals surface area (Å²) in [5, 5.41) is 114. The number of rotatable bonds is 15. The van der Waals surface area contributed by atoms with Crippen molar-refractivity contribution in [2.45, 2.75) is 188 Å². The number of ether oxygens (including phenoxy) is 8. The highest BCUT2D eigenvalue weighted by atomic mass is 16.7. The third-order valence-corrected chi connectivity index (χ3v) is 13.5. The van der Waals surface area contributed by atoms with Gasteiger partial charge >= 0.3 is 0 Å². The highest BCUT2D eigenvalue weighted by Crippen LogP contribution is 2.38. The molecule has 0 aromatic rings. The standard InChI is InChI=1S/C43H73N3O19/c1-4-29(49)46(19-44-21(2)11-13-25-23-9-5-7-15-58-40-36(56)32(52)38(27(17-47)62-40)64-42(60-25)34(54)30(23)50)20-45-22(3)12-14-26-24-10-6-8-16-59-41-37(57)33(53)39(28(18-48)63-41)65-43(61-26)35(55)31(24)51/h23-28,30-45,47-48,50-57H,2-20H2,1H3/t23?,24?,25?,26?,27?,28?,30?,31?,32?,33?,34?,35?,36?,37?,38?,39?,40-,41-,42+,43+/m1/s1. The predicted octanol–water partition coefficient (Wildman–Crippen LogP) is -2.92. The Hall–Kier alpha value is -2.17. The summed E-state index contributed by atoms with van der Waals surface area (Å²) < 4.78 is 47.1. The van der Waals surface area contributed by atoms with Crippen molar-refractivity contribution in [3.63, 3.8) is 0 Å². The highest BCUT2D eigenvalue weighted by Gasteiger charge is 2.53. The number of amides is 1. The molecule has 20 atom stereocenters. The number of nitrogens with zero attached hydrogens (tertiary/aromatic N) is 1. The summed E-state index contributed by atoms with van der Waals surface area (Å²) in [6, 6.07) is 0. The lowest BCUT2D eigenvalue weighted by molar-refractivity contribution is -0.356. The zero-order chi connectivity index (χ0) is 46.9. The molecule has 0 spiro atoms. The van der Waals surface area contributed by atoms with E-state index in [4.69, 9.17) is 37.9 Å². The lowest BCUT2D eigenvalue weighted by Gasteiger charge is -2.47. The van der Waals surface area contributed by atoms with E-state index in [2.05, 4.69) is 23.8 Å². The zero-order valence-corrected chi connectivity index (χ0v) is 37.1. The number of hydrogen-bond donors (Lipinski definition) is 12. The molecule has 16 unspecified atom stereocenters. The summed E-state index contributed by atoms with van der Waals surface area (Å²) >= 11 is 0. The van der Waals surface area contributed by atoms with Gasteiger partial charge in [0.2, 0.25) is 5.91 Å². The van der Waals surface area contributed by atoms with Crippen LogP contribution in [0.2, 0.25) is 0 Å². The second-order valence-electron chi connectivity index (χ2n) is 18.0. The Bertz CT molecular complexity index is 1420. The van der Waals surface area contributed by atoms with Crippen LogP contribution in [0.5, 0.6) is 0 Å². The molecular formula is C43H73N3O19. The molecule has 1 amide bonds. The Morgan fingerprint density at radius 2 is 0.923 bits per heavy atom. The molecule has 0 aliphatic carbocycles. The first-order chi connectivity index (χ1) is 31.2. The summed E-state index contributed by atoms with van der Waals surface area (Å²) in [5.74, 6) is -1.15. The van der Waals surface area contributed by atoms with Gasteiger partial charge in [0.1, 0.15) is 61.0 Å². The molecule has 12 aliphatic rings. The average Bonchev–Trinajstić information content (AvgIpc) is 3.30. The van der Waals surface area contributed by atoms with Crippen LogP contribution in [-0.2, 0) is 42.7 Å². The number of carbonyl (C=O) groups excluding carboxylic acids is 1. The van der Waals surface area contributed by atoms with E-state index in [1.807, 2.05) is 0 Å². The van der Waals surface area contributed by atoms with E-state index in [1.54, 1.807) is 11.8 Å². The van der Waals surface area contributed by atoms with Gasteiger partial charge in [-0.2, -0.15) is 0 Å². The van der Waals surface area contributed by atoms with Crippen LogP contribution in [0.15, 0.2) is 24.6 Å². The molecule has 12 heterocycles. The topological polar surface area (TPSA) is 321 Å². The third-order valence-electron chi connectivity index (χ3n) is 13.5. The number of aliphatic hydroxyl groups is 10. The fourth-order valence-electron chi connectivity index (χ4n) is 9.55. The van der Waals surface area contributed by atoms with E-state index in [0.29, 0.717) is 75.6 Å². The number of aliphatic hydroxyl groups excluding tert-OH is 10. The smallest absolute Gasteiger partial charge is 0.225 e. The molecule has 0 aromatic carbocycles. The van der Waals surface area contributed by atoms with Crippen molar-refractivity contribution in [1.29, 1.82) is 0 Å². The second-order valence-corrected chi connectivity index (χ2v) is 18.0. The maximum atomic E-state index is 13.1. The maximum Gasteiger partial charge on any atom is 0.225 e. The SMILES string of the molecule is C=C(CCC1O[C@H]2OC3C(CO)O[C@@H](OCCCCC1C(O)C2O)C(O)C3O)NCN(CNC(=C)CCC1O[C@H]2OC3C(CO)O[C@@H](OCCCCC1C(O)C2O)C(O)C3O)C(=O)CC. The predicted molar refractivity (Wildman–Crippen MR) is 223 cm³/mol. The lowest BCUT2D eigenvalue weighted by atomic mass is 9.83. The van der Waals surface area contributed by atoms with Crippen LogP contribution >= 0.6 is 0 Å². The highest BCUT2D eigenvalue weighted by molar-refractivity contribution is 5.75. The van der Waals surface area contributed by atoms with Gasteiger partial charge < -0.3 is 104 Å². The Labute approximate surface area is 379 Å². The van der Waals surface area contributed by atoms with Gasteiger partial charge in [0.05, 0.1) is 51.0 Å². The molecule has 22 nitrogen and oxygen atoms in total. The van der Waals surface area contributed by atoms with Gasteiger partial charge in [0.15, 0.2) is 25.2 Å². The molecule has 374 valence electrons. The quantitative estimate of drug-likeness (QED) is 0.0732. The van der Waals surface area contributed by atoms with Gasteiger partial charge in [-0.25, -0.2) is 0 Å². The molecule has 12 aliphatic heterocycles. The summed E-state index contributed by atoms with van der Waals surface area (Å²) in [7, 11) is 0. The van der Waals surface area contributed by atoms with Crippen molar-refractivity contribution < 1.29 is 93.8 Å². The number of hydrogen-bond acceptors (Lipinski definition) is 21. The molecular weight excluding hydrogens is 862 g/mol. The van der Waals surface area contributed by atoms with Crippen LogP contribution in [0, 0.1) is 11.8 Å². The Balaban J connectivity index is 1.02. The van der Waals surface area contributed by atoms with Crippen LogP contribution in [-0.4, -0.2) is 212 Å². The first-order valence-electron chi connectivity index (χ1n) is 23.1. The van der Waals surface area contributed by atoms with Crippen LogP contribution in [0.3, 0.4) is 0 Å². The molecule has 0 aromatic heterocycles. The molecule has 12 fully saturated rings. The van der Waals surface area contributed by atoms with Crippen molar-refractivity contribution in [3.05, 3.63) is 24.6 Å². The third kappa shape index (κ3) is 12.7. The summed E-state index contributed by atoms with van der Waals surface area (Å²) in [5.41, 5.74) is 1.13. The second kappa shape index (κ2) is 24.4. The van der Waals surface area contributed by atoms with Crippen molar-refractivity contribution in [2.24, 2.45) is 11.8 Å². The van der Waals surface area contributed by atoms with Gasteiger partial charge in [0, 0.05) is 42.9 Å². The molecule has 12 N–H and O–H groups in total. The lowest BCUT2D eigenvalue weighted by Crippen LogP contribution is -2.63. The van der Waals surface area contributed by atoms with Crippen LogP contribution in [0.25, 0.3) is 0 Å². The number of nitrogens with one attached hydrogen (secondary N) is 2. The van der Waals surface area contributed by atoms with E-state index in [0.717, 1.165) is 0 Å². The van der Waals surface area contributed by atoms with Crippen molar-refractivity contribution >= 4 is 5.91 Å². The van der Waals surface area contributed by atoms with E-state index in [1.165, 1.54) is 0 Å². The maximum absolute atomic E-state index is 13.1. The minimum Gasteiger partial charge on any atom is -0.394 e.